The van der Waals surface area contributed by atoms with Crippen LogP contribution in [-0.4, -0.2) is 39.1 Å². The molecular formula is C24H22F4N4O2S. The first-order valence-electron chi connectivity index (χ1n) is 10.9. The molecule has 1 aliphatic rings. The normalized spacial score (nSPS) is 16.2. The number of amides is 1. The summed E-state index contributed by atoms with van der Waals surface area (Å²) in [6.07, 6.45) is 0.108. The highest BCUT2D eigenvalue weighted by Crippen LogP contribution is 2.32. The van der Waals surface area contributed by atoms with Gasteiger partial charge in [-0.2, -0.15) is 13.2 Å². The number of hydrogen-bond donors (Lipinski definition) is 1. The number of benzene rings is 2. The summed E-state index contributed by atoms with van der Waals surface area (Å²) in [6.45, 7) is 0.613. The molecule has 2 aromatic carbocycles. The second-order valence-corrected chi connectivity index (χ2v) is 8.82. The molecule has 1 amide bonds. The Morgan fingerprint density at radius 3 is 2.77 bits per heavy atom. The van der Waals surface area contributed by atoms with E-state index >= 15 is 0 Å². The van der Waals surface area contributed by atoms with Crippen molar-refractivity contribution in [1.29, 1.82) is 0 Å². The van der Waals surface area contributed by atoms with E-state index in [9.17, 15) is 22.4 Å². The van der Waals surface area contributed by atoms with Crippen molar-refractivity contribution < 1.29 is 27.1 Å². The quantitative estimate of drug-likeness (QED) is 0.264. The van der Waals surface area contributed by atoms with Crippen molar-refractivity contribution in [3.63, 3.8) is 0 Å². The van der Waals surface area contributed by atoms with E-state index in [0.29, 0.717) is 23.1 Å². The first-order valence-corrected chi connectivity index (χ1v) is 11.9. The Kier molecular flexibility index (Phi) is 7.86. The van der Waals surface area contributed by atoms with Crippen LogP contribution in [0, 0.1) is 5.82 Å². The third kappa shape index (κ3) is 6.70. The van der Waals surface area contributed by atoms with E-state index < -0.39 is 23.5 Å². The van der Waals surface area contributed by atoms with Crippen LogP contribution < -0.4 is 5.32 Å². The Balaban J connectivity index is 1.53. The van der Waals surface area contributed by atoms with E-state index in [1.165, 1.54) is 58.8 Å². The molecule has 1 aliphatic heterocycles. The fourth-order valence-corrected chi connectivity index (χ4v) is 4.58. The van der Waals surface area contributed by atoms with Crippen LogP contribution in [0.4, 0.5) is 17.6 Å². The molecule has 1 N–H and O–H groups in total. The van der Waals surface area contributed by atoms with Crippen molar-refractivity contribution in [3.05, 3.63) is 77.4 Å². The van der Waals surface area contributed by atoms with Gasteiger partial charge in [0.1, 0.15) is 5.82 Å². The summed E-state index contributed by atoms with van der Waals surface area (Å²) in [7, 11) is 0. The van der Waals surface area contributed by atoms with Gasteiger partial charge in [0.05, 0.1) is 23.9 Å². The highest BCUT2D eigenvalue weighted by Gasteiger charge is 2.31. The number of ether oxygens (including phenoxy) is 1. The van der Waals surface area contributed by atoms with Gasteiger partial charge in [-0.1, -0.05) is 30.0 Å². The Morgan fingerprint density at radius 1 is 1.20 bits per heavy atom. The van der Waals surface area contributed by atoms with Crippen LogP contribution in [0.5, 0.6) is 0 Å². The Hall–Kier alpha value is -3.18. The number of hydrogen-bond acceptors (Lipinski definition) is 5. The lowest BCUT2D eigenvalue weighted by Crippen LogP contribution is -2.22. The monoisotopic (exact) mass is 506 g/mol. The minimum absolute atomic E-state index is 0.0442. The first-order chi connectivity index (χ1) is 16.8. The van der Waals surface area contributed by atoms with Gasteiger partial charge in [-0.05, 0) is 54.8 Å². The molecule has 35 heavy (non-hydrogen) atoms. The van der Waals surface area contributed by atoms with E-state index in [0.717, 1.165) is 25.0 Å². The number of nitrogens with zero attached hydrogens (tertiary/aromatic N) is 3. The molecule has 0 bridgehead atoms. The Labute approximate surface area is 203 Å². The van der Waals surface area contributed by atoms with Crippen LogP contribution in [0.3, 0.4) is 0 Å². The fraction of sp³-hybridized carbons (Fsp3) is 0.292. The van der Waals surface area contributed by atoms with Gasteiger partial charge >= 0.3 is 6.18 Å². The van der Waals surface area contributed by atoms with Crippen molar-refractivity contribution in [1.82, 2.24) is 20.1 Å². The topological polar surface area (TPSA) is 69.0 Å². The summed E-state index contributed by atoms with van der Waals surface area (Å²) >= 11 is 1.34. The molecule has 0 aliphatic carbocycles. The predicted molar refractivity (Wildman–Crippen MR) is 123 cm³/mol. The molecule has 0 radical (unpaired) electrons. The average molecular weight is 507 g/mol. The van der Waals surface area contributed by atoms with Gasteiger partial charge in [-0.3, -0.25) is 9.36 Å². The van der Waals surface area contributed by atoms with Crippen LogP contribution in [-0.2, 0) is 22.3 Å². The number of thioether (sulfide) groups is 1. The van der Waals surface area contributed by atoms with E-state index in [1.54, 1.807) is 6.07 Å². The van der Waals surface area contributed by atoms with Crippen molar-refractivity contribution in [2.75, 3.05) is 12.4 Å². The van der Waals surface area contributed by atoms with Gasteiger partial charge in [0.15, 0.2) is 11.0 Å². The SMILES string of the molecule is O=C(/C=C\c1cccc(F)c1)NCc1nnc(SC[C@@H]2CCCO2)n1-c1cccc(C(F)(F)F)c1. The van der Waals surface area contributed by atoms with Gasteiger partial charge in [0.2, 0.25) is 5.91 Å². The van der Waals surface area contributed by atoms with Crippen LogP contribution in [0.25, 0.3) is 11.8 Å². The maximum absolute atomic E-state index is 13.3. The summed E-state index contributed by atoms with van der Waals surface area (Å²) in [4.78, 5) is 12.3. The van der Waals surface area contributed by atoms with Gasteiger partial charge in [0, 0.05) is 18.4 Å². The highest BCUT2D eigenvalue weighted by atomic mass is 32.2. The zero-order valence-electron chi connectivity index (χ0n) is 18.5. The molecule has 1 atom stereocenters. The molecule has 0 saturated carbocycles. The van der Waals surface area contributed by atoms with Crippen LogP contribution in [0.1, 0.15) is 29.8 Å². The minimum Gasteiger partial charge on any atom is -0.377 e. The second kappa shape index (κ2) is 11.0. The molecule has 1 aromatic heterocycles. The van der Waals surface area contributed by atoms with Gasteiger partial charge < -0.3 is 10.1 Å². The van der Waals surface area contributed by atoms with E-state index in [2.05, 4.69) is 15.5 Å². The number of aromatic nitrogens is 3. The van der Waals surface area contributed by atoms with Crippen LogP contribution in [0.2, 0.25) is 0 Å². The molecule has 4 rings (SSSR count). The van der Waals surface area contributed by atoms with E-state index in [4.69, 9.17) is 4.74 Å². The summed E-state index contributed by atoms with van der Waals surface area (Å²) in [6, 6.07) is 10.6. The lowest BCUT2D eigenvalue weighted by molar-refractivity contribution is -0.137. The molecule has 2 heterocycles. The van der Waals surface area contributed by atoms with E-state index in [1.807, 2.05) is 0 Å². The number of alkyl halides is 3. The first kappa shape index (κ1) is 24.9. The molecule has 6 nitrogen and oxygen atoms in total. The van der Waals surface area contributed by atoms with Crippen molar-refractivity contribution >= 4 is 23.7 Å². The second-order valence-electron chi connectivity index (χ2n) is 7.83. The van der Waals surface area contributed by atoms with Gasteiger partial charge in [-0.25, -0.2) is 4.39 Å². The molecule has 1 saturated heterocycles. The molecule has 0 unspecified atom stereocenters. The minimum atomic E-state index is -4.51. The zero-order valence-corrected chi connectivity index (χ0v) is 19.3. The zero-order chi connectivity index (χ0) is 24.8. The molecule has 3 aromatic rings. The standard InChI is InChI=1S/C24H22F4N4O2S/c25-18-6-1-4-16(12-18)9-10-22(33)29-14-21-30-31-23(35-15-20-8-3-11-34-20)32(21)19-7-2-5-17(13-19)24(26,27)28/h1-2,4-7,9-10,12-13,20H,3,8,11,14-15H2,(H,29,33)/b10-9-/t20-/m0/s1. The number of halogens is 4. The molecule has 184 valence electrons. The van der Waals surface area contributed by atoms with Crippen molar-refractivity contribution in [2.24, 2.45) is 0 Å². The summed E-state index contributed by atoms with van der Waals surface area (Å²) in [5.41, 5.74) is -0.0499. The lowest BCUT2D eigenvalue weighted by atomic mass is 10.2. The van der Waals surface area contributed by atoms with Crippen LogP contribution in [0.15, 0.2) is 59.8 Å². The maximum atomic E-state index is 13.3. The maximum Gasteiger partial charge on any atom is 0.416 e. The number of nitrogens with one attached hydrogen (secondary N) is 1. The third-order valence-corrected chi connectivity index (χ3v) is 6.31. The molecular weight excluding hydrogens is 484 g/mol. The number of carbonyl (C=O) groups is 1. The molecule has 0 spiro atoms. The van der Waals surface area contributed by atoms with E-state index in [-0.39, 0.29) is 24.2 Å². The number of rotatable bonds is 8. The predicted octanol–water partition coefficient (Wildman–Crippen LogP) is 5.03. The highest BCUT2D eigenvalue weighted by molar-refractivity contribution is 7.99. The van der Waals surface area contributed by atoms with Gasteiger partial charge in [0.25, 0.3) is 0 Å². The molecule has 11 heteroatoms. The smallest absolute Gasteiger partial charge is 0.377 e. The van der Waals surface area contributed by atoms with Gasteiger partial charge in [-0.15, -0.1) is 10.2 Å². The lowest BCUT2D eigenvalue weighted by Gasteiger charge is -2.14. The largest absolute Gasteiger partial charge is 0.416 e. The average Bonchev–Trinajstić information content (AvgIpc) is 3.49. The fourth-order valence-electron chi connectivity index (χ4n) is 3.54. The third-order valence-electron chi connectivity index (χ3n) is 5.25. The summed E-state index contributed by atoms with van der Waals surface area (Å²) in [5.74, 6) is -0.0392. The molecule has 1 fully saturated rings. The summed E-state index contributed by atoms with van der Waals surface area (Å²) < 4.78 is 60.4. The Morgan fingerprint density at radius 2 is 2.03 bits per heavy atom. The number of carbonyl (C=O) groups excluding carboxylic acids is 1. The van der Waals surface area contributed by atoms with Crippen LogP contribution >= 0.6 is 11.8 Å². The summed E-state index contributed by atoms with van der Waals surface area (Å²) in [5, 5.41) is 11.3. The van der Waals surface area contributed by atoms with Crippen molar-refractivity contribution in [2.45, 2.75) is 36.8 Å². The Bertz CT molecular complexity index is 1210. The van der Waals surface area contributed by atoms with Crippen molar-refractivity contribution in [3.8, 4) is 5.69 Å².